The maximum Gasteiger partial charge on any atom is 0.302 e. The molecule has 0 radical (unpaired) electrons. The van der Waals surface area contributed by atoms with Gasteiger partial charge >= 0.3 is 5.97 Å². The Bertz CT molecular complexity index is 897. The molecule has 0 atom stereocenters. The van der Waals surface area contributed by atoms with Crippen molar-refractivity contribution in [2.45, 2.75) is 32.2 Å². The predicted molar refractivity (Wildman–Crippen MR) is 115 cm³/mol. The lowest BCUT2D eigenvalue weighted by molar-refractivity contribution is -0.142. The first kappa shape index (κ1) is 20.4. The second-order valence-electron chi connectivity index (χ2n) is 6.89. The number of carbonyl (C=O) groups excluding carboxylic acids is 2. The molecule has 1 aliphatic heterocycles. The third-order valence-corrected chi connectivity index (χ3v) is 5.79. The molecule has 0 aliphatic carbocycles. The normalized spacial score (nSPS) is 13.3. The number of fused-ring (bicyclic) bond motifs is 1. The van der Waals surface area contributed by atoms with Gasteiger partial charge in [-0.05, 0) is 48.7 Å². The Morgan fingerprint density at radius 3 is 2.75 bits per heavy atom. The molecule has 148 valence electrons. The number of nitrogens with zero attached hydrogens (tertiary/aromatic N) is 2. The zero-order valence-electron chi connectivity index (χ0n) is 16.5. The number of anilines is 2. The van der Waals surface area contributed by atoms with Crippen molar-refractivity contribution in [3.8, 4) is 0 Å². The van der Waals surface area contributed by atoms with Crippen LogP contribution < -0.4 is 9.80 Å². The Balaban J connectivity index is 1.96. The molecule has 0 unspecified atom stereocenters. The molecule has 0 spiro atoms. The van der Waals surface area contributed by atoms with E-state index in [4.69, 9.17) is 4.74 Å². The fourth-order valence-electron chi connectivity index (χ4n) is 3.46. The van der Waals surface area contributed by atoms with Gasteiger partial charge in [-0.1, -0.05) is 28.1 Å². The summed E-state index contributed by atoms with van der Waals surface area (Å²) >= 11 is 3.49. The molecule has 0 N–H and O–H groups in total. The van der Waals surface area contributed by atoms with E-state index in [9.17, 15) is 9.59 Å². The molecule has 0 saturated heterocycles. The van der Waals surface area contributed by atoms with Crippen molar-refractivity contribution >= 4 is 39.2 Å². The Labute approximate surface area is 174 Å². The number of halogens is 1. The van der Waals surface area contributed by atoms with Gasteiger partial charge in [-0.15, -0.1) is 0 Å². The summed E-state index contributed by atoms with van der Waals surface area (Å²) in [7, 11) is 2.05. The summed E-state index contributed by atoms with van der Waals surface area (Å²) < 4.78 is 5.26. The average molecular weight is 445 g/mol. The molecule has 1 heterocycles. The van der Waals surface area contributed by atoms with Gasteiger partial charge in [0.2, 0.25) is 0 Å². The van der Waals surface area contributed by atoms with Gasteiger partial charge in [0.05, 0.1) is 5.69 Å². The van der Waals surface area contributed by atoms with Crippen molar-refractivity contribution in [2.75, 3.05) is 29.9 Å². The fourth-order valence-corrected chi connectivity index (χ4v) is 3.99. The molecule has 2 aromatic carbocycles. The zero-order chi connectivity index (χ0) is 20.3. The highest BCUT2D eigenvalue weighted by Crippen LogP contribution is 2.32. The van der Waals surface area contributed by atoms with Gasteiger partial charge in [0, 0.05) is 49.2 Å². The van der Waals surface area contributed by atoms with Crippen LogP contribution in [0.4, 0.5) is 11.4 Å². The molecule has 1 aliphatic rings. The maximum absolute atomic E-state index is 13.3. The molecule has 3 rings (SSSR count). The van der Waals surface area contributed by atoms with Crippen molar-refractivity contribution in [3.63, 3.8) is 0 Å². The highest BCUT2D eigenvalue weighted by molar-refractivity contribution is 9.08. The fraction of sp³-hybridized carbons (Fsp3) is 0.364. The molecule has 0 saturated carbocycles. The lowest BCUT2D eigenvalue weighted by Crippen LogP contribution is -2.38. The highest BCUT2D eigenvalue weighted by atomic mass is 79.9. The van der Waals surface area contributed by atoms with Gasteiger partial charge in [-0.2, -0.15) is 0 Å². The molecule has 5 nitrogen and oxygen atoms in total. The topological polar surface area (TPSA) is 49.9 Å². The van der Waals surface area contributed by atoms with Crippen molar-refractivity contribution in [3.05, 3.63) is 58.7 Å². The Morgan fingerprint density at radius 2 is 2.07 bits per heavy atom. The second-order valence-corrected chi connectivity index (χ2v) is 7.45. The van der Waals surface area contributed by atoms with E-state index in [0.717, 1.165) is 46.6 Å². The van der Waals surface area contributed by atoms with Crippen LogP contribution in [0.3, 0.4) is 0 Å². The summed E-state index contributed by atoms with van der Waals surface area (Å²) in [5.41, 5.74) is 5.63. The molecule has 0 fully saturated rings. The van der Waals surface area contributed by atoms with Crippen LogP contribution in [-0.2, 0) is 27.9 Å². The number of hydrogen-bond acceptors (Lipinski definition) is 4. The van der Waals surface area contributed by atoms with Crippen molar-refractivity contribution < 1.29 is 14.3 Å². The number of alkyl halides is 1. The van der Waals surface area contributed by atoms with E-state index in [1.165, 1.54) is 6.92 Å². The number of ether oxygens (including phenoxy) is 1. The number of hydrogen-bond donors (Lipinski definition) is 0. The van der Waals surface area contributed by atoms with Crippen molar-refractivity contribution in [1.82, 2.24) is 0 Å². The highest BCUT2D eigenvalue weighted by Gasteiger charge is 2.28. The number of rotatable bonds is 6. The first-order chi connectivity index (χ1) is 13.5. The first-order valence-corrected chi connectivity index (χ1v) is 10.5. The van der Waals surface area contributed by atoms with Gasteiger partial charge in [-0.3, -0.25) is 9.59 Å². The summed E-state index contributed by atoms with van der Waals surface area (Å²) in [5.74, 6) is -0.346. The number of carbonyl (C=O) groups is 2. The van der Waals surface area contributed by atoms with E-state index in [1.807, 2.05) is 37.4 Å². The standard InChI is InChI=1S/C22H25BrN2O3/c1-4-24(3)18-8-9-19-16(12-18)10-11-25(22(19)27)21-7-5-6-17(13-23)20(21)14-28-15(2)26/h5-9,12H,4,10-11,13-14H2,1-3H3. The quantitative estimate of drug-likeness (QED) is 0.492. The summed E-state index contributed by atoms with van der Waals surface area (Å²) in [4.78, 5) is 28.5. The molecule has 2 aromatic rings. The number of esters is 1. The largest absolute Gasteiger partial charge is 0.461 e. The molecule has 6 heteroatoms. The van der Waals surface area contributed by atoms with Gasteiger partial charge in [0.25, 0.3) is 5.91 Å². The maximum atomic E-state index is 13.3. The van der Waals surface area contributed by atoms with Crippen LogP contribution in [0.2, 0.25) is 0 Å². The van der Waals surface area contributed by atoms with Crippen LogP contribution in [0.15, 0.2) is 36.4 Å². The summed E-state index contributed by atoms with van der Waals surface area (Å²) in [5, 5.41) is 0.628. The van der Waals surface area contributed by atoms with Crippen LogP contribution in [0, 0.1) is 0 Å². The lowest BCUT2D eigenvalue weighted by Gasteiger charge is -2.31. The molecule has 0 aromatic heterocycles. The SMILES string of the molecule is CCN(C)c1ccc2c(c1)CCN(c1cccc(CBr)c1COC(C)=O)C2=O. The minimum atomic E-state index is -0.335. The van der Waals surface area contributed by atoms with Gasteiger partial charge in [0.1, 0.15) is 6.61 Å². The molecular weight excluding hydrogens is 420 g/mol. The van der Waals surface area contributed by atoms with Gasteiger partial charge in [-0.25, -0.2) is 0 Å². The average Bonchev–Trinajstić information content (AvgIpc) is 2.71. The Hall–Kier alpha value is -2.34. The van der Waals surface area contributed by atoms with Crippen molar-refractivity contribution in [2.24, 2.45) is 0 Å². The Kier molecular flexibility index (Phi) is 6.39. The minimum absolute atomic E-state index is 0.0113. The zero-order valence-corrected chi connectivity index (χ0v) is 18.1. The summed E-state index contributed by atoms with van der Waals surface area (Å²) in [6.07, 6.45) is 0.790. The third kappa shape index (κ3) is 4.07. The van der Waals surface area contributed by atoms with E-state index in [2.05, 4.69) is 33.8 Å². The van der Waals surface area contributed by atoms with Gasteiger partial charge < -0.3 is 14.5 Å². The molecular formula is C22H25BrN2O3. The molecule has 28 heavy (non-hydrogen) atoms. The van der Waals surface area contributed by atoms with Crippen LogP contribution in [0.25, 0.3) is 0 Å². The molecule has 1 amide bonds. The van der Waals surface area contributed by atoms with E-state index in [-0.39, 0.29) is 18.5 Å². The second kappa shape index (κ2) is 8.78. The van der Waals surface area contributed by atoms with Crippen LogP contribution in [0.5, 0.6) is 0 Å². The number of amides is 1. The predicted octanol–water partition coefficient (Wildman–Crippen LogP) is 4.30. The van der Waals surface area contributed by atoms with Crippen LogP contribution in [0.1, 0.15) is 40.9 Å². The number of benzene rings is 2. The van der Waals surface area contributed by atoms with Crippen LogP contribution in [-0.4, -0.2) is 32.0 Å². The minimum Gasteiger partial charge on any atom is -0.461 e. The smallest absolute Gasteiger partial charge is 0.302 e. The van der Waals surface area contributed by atoms with E-state index >= 15 is 0 Å². The lowest BCUT2D eigenvalue weighted by atomic mass is 9.96. The monoisotopic (exact) mass is 444 g/mol. The van der Waals surface area contributed by atoms with E-state index in [1.54, 1.807) is 4.90 Å². The third-order valence-electron chi connectivity index (χ3n) is 5.19. The Morgan fingerprint density at radius 1 is 1.29 bits per heavy atom. The van der Waals surface area contributed by atoms with Crippen molar-refractivity contribution in [1.29, 1.82) is 0 Å². The summed E-state index contributed by atoms with van der Waals surface area (Å²) in [6.45, 7) is 5.17. The summed E-state index contributed by atoms with van der Waals surface area (Å²) in [6, 6.07) is 11.9. The van der Waals surface area contributed by atoms with Gasteiger partial charge in [0.15, 0.2) is 0 Å². The first-order valence-electron chi connectivity index (χ1n) is 9.42. The van der Waals surface area contributed by atoms with Crippen LogP contribution >= 0.6 is 15.9 Å². The van der Waals surface area contributed by atoms with E-state index in [0.29, 0.717) is 11.9 Å². The molecule has 0 bridgehead atoms. The van der Waals surface area contributed by atoms with E-state index < -0.39 is 0 Å².